The number of nitrogens with one attached hydrogen (secondary N) is 4. The molecule has 0 spiro atoms. The van der Waals surface area contributed by atoms with Crippen molar-refractivity contribution in [3.8, 4) is 0 Å². The number of rotatable bonds is 13. The number of azide groups is 1. The monoisotopic (exact) mass is 1240 g/mol. The molecule has 13 N–H and O–H groups in total. The van der Waals surface area contributed by atoms with Crippen molar-refractivity contribution in [3.63, 3.8) is 0 Å². The predicted molar refractivity (Wildman–Crippen MR) is 315 cm³/mol. The van der Waals surface area contributed by atoms with Gasteiger partial charge in [-0.25, -0.2) is 29.3 Å². The van der Waals surface area contributed by atoms with E-state index in [0.29, 0.717) is 34.1 Å². The third-order valence-electron chi connectivity index (χ3n) is 14.6. The molecule has 36 heteroatoms. The van der Waals surface area contributed by atoms with E-state index in [9.17, 15) is 33.9 Å². The summed E-state index contributed by atoms with van der Waals surface area (Å²) in [5, 5.41) is 52.1. The van der Waals surface area contributed by atoms with Gasteiger partial charge in [0.2, 0.25) is 5.95 Å². The number of hydrogen-bond acceptors (Lipinski definition) is 26. The molecule has 35 nitrogen and oxygen atoms in total. The minimum Gasteiger partial charge on any atom is -0.396 e. The fraction of sp³-hybridized carbons (Fsp3) is 0.500. The summed E-state index contributed by atoms with van der Waals surface area (Å²) in [6.07, 6.45) is 18.6. The maximum atomic E-state index is 11.7. The van der Waals surface area contributed by atoms with Crippen LogP contribution in [0.3, 0.4) is 0 Å². The van der Waals surface area contributed by atoms with Crippen molar-refractivity contribution >= 4 is 51.7 Å². The lowest BCUT2D eigenvalue weighted by Gasteiger charge is -2.14. The number of aliphatic hydroxyl groups is 5. The van der Waals surface area contributed by atoms with Gasteiger partial charge in [-0.3, -0.25) is 42.6 Å². The van der Waals surface area contributed by atoms with Crippen molar-refractivity contribution in [2.75, 3.05) is 55.6 Å². The minimum absolute atomic E-state index is 0.0111. The van der Waals surface area contributed by atoms with E-state index in [0.717, 1.165) is 49.1 Å². The Hall–Kier alpha value is -8.68. The number of nitrogens with two attached hydrogens (primary N) is 2. The Labute approximate surface area is 500 Å². The fourth-order valence-corrected chi connectivity index (χ4v) is 10.7. The summed E-state index contributed by atoms with van der Waals surface area (Å²) in [4.78, 5) is 103. The Morgan fingerprint density at radius 3 is 2.07 bits per heavy atom. The molecule has 0 radical (unpaired) electrons. The summed E-state index contributed by atoms with van der Waals surface area (Å²) in [7, 11) is 0. The van der Waals surface area contributed by atoms with Crippen LogP contribution in [-0.2, 0) is 18.9 Å². The predicted octanol–water partition coefficient (Wildman–Crippen LogP) is -0.618. The van der Waals surface area contributed by atoms with Crippen LogP contribution in [0.1, 0.15) is 80.6 Å². The highest BCUT2D eigenvalue weighted by Crippen LogP contribution is 2.35. The zero-order valence-electron chi connectivity index (χ0n) is 47.4. The van der Waals surface area contributed by atoms with E-state index in [4.69, 9.17) is 56.4 Å². The van der Waals surface area contributed by atoms with E-state index >= 15 is 0 Å². The summed E-state index contributed by atoms with van der Waals surface area (Å²) < 4.78 is 29.5. The van der Waals surface area contributed by atoms with Crippen LogP contribution in [0.4, 0.5) is 17.6 Å². The van der Waals surface area contributed by atoms with Crippen LogP contribution in [-0.4, -0.2) is 168 Å². The van der Waals surface area contributed by atoms with Crippen LogP contribution in [0.5, 0.6) is 0 Å². The number of aliphatic hydroxyl groups excluding tert-OH is 5. The molecule has 470 valence electrons. The van der Waals surface area contributed by atoms with Crippen LogP contribution < -0.4 is 50.5 Å². The number of aromatic nitrogens is 14. The maximum Gasteiger partial charge on any atom is 0.351 e. The third kappa shape index (κ3) is 15.2. The Morgan fingerprint density at radius 2 is 1.43 bits per heavy atom. The van der Waals surface area contributed by atoms with Crippen molar-refractivity contribution in [2.45, 2.75) is 119 Å². The highest BCUT2D eigenvalue weighted by molar-refractivity contribution is 8.00. The number of nitrogens with zero attached hydrogens (tertiary/aromatic N) is 14. The first kappa shape index (κ1) is 63.8. The molecular weight excluding hydrogens is 1180 g/mol. The van der Waals surface area contributed by atoms with E-state index in [2.05, 4.69) is 66.3 Å². The van der Waals surface area contributed by atoms with Crippen molar-refractivity contribution in [2.24, 2.45) is 11.0 Å². The van der Waals surface area contributed by atoms with Gasteiger partial charge in [0, 0.05) is 65.4 Å². The largest absolute Gasteiger partial charge is 0.396 e. The summed E-state index contributed by atoms with van der Waals surface area (Å²) in [6.45, 7) is 2.86. The maximum absolute atomic E-state index is 11.7. The molecule has 7 aromatic heterocycles. The van der Waals surface area contributed by atoms with Crippen molar-refractivity contribution in [1.82, 2.24) is 67.7 Å². The van der Waals surface area contributed by atoms with Gasteiger partial charge < -0.3 is 70.8 Å². The Kier molecular flexibility index (Phi) is 20.9. The number of anilines is 3. The Bertz CT molecular complexity index is 4050. The van der Waals surface area contributed by atoms with Crippen LogP contribution >= 0.6 is 11.8 Å². The molecular formula is C52H66N20O15S. The standard InChI is InChI=1S/C14H18N6O.C10H13N5O4.C10H12N4O3.C10H12N2O4.C8H11N3O3S/c15-14-18-12(17-9-2-3-9)11-13(19-14)20(7-16-11)10-4-1-8(5-10)6-21;1-5-3-15(10(18)12-9(5)17)8-2-6(13-14-11)7(4-16)19-8;15-3-6-1-2-7(17-6)14-5-13-8-9(14)11-4-12-10(8)16;1-6-4-12(10(15)11-9(6)14)8-3-2-7(5-13)16-8;9-5-1-2-11(8(13)10-5)6-4-15-7(3-12)14-6/h1,4,7-10,21H,2-3,5-6H2,(H3,15,17,18,19);3,6-8,16H,2,4H2,1H3,(H,12,17,18);4-7,15H,1-3H2,(H,11,12,16);2-4,7-8,13H,5H2,1H3,(H,11,14,15);1-2,6-7,12H,3-4H2,(H2,9,10,13)/t8-,10+;6-,7+,8+;6-,7+;7-,8+;6-,7+/m10000/s1. The molecule has 88 heavy (non-hydrogen) atoms. The van der Waals surface area contributed by atoms with Crippen LogP contribution in [0.2, 0.25) is 0 Å². The molecule has 13 rings (SSSR count). The van der Waals surface area contributed by atoms with Gasteiger partial charge in [0.1, 0.15) is 36.0 Å². The first-order chi connectivity index (χ1) is 42.4. The van der Waals surface area contributed by atoms with E-state index in [1.807, 2.05) is 10.6 Å². The zero-order valence-corrected chi connectivity index (χ0v) is 48.2. The summed E-state index contributed by atoms with van der Waals surface area (Å²) >= 11 is 1.47. The summed E-state index contributed by atoms with van der Waals surface area (Å²) in [5.41, 5.74) is 19.8. The van der Waals surface area contributed by atoms with Gasteiger partial charge in [0.15, 0.2) is 34.4 Å². The molecule has 1 saturated carbocycles. The van der Waals surface area contributed by atoms with Gasteiger partial charge in [0.05, 0.1) is 69.7 Å². The van der Waals surface area contributed by atoms with Gasteiger partial charge >= 0.3 is 17.1 Å². The zero-order chi connectivity index (χ0) is 62.8. The topological polar surface area (TPSA) is 503 Å². The lowest BCUT2D eigenvalue weighted by Crippen LogP contribution is -2.33. The number of ether oxygens (including phenoxy) is 4. The minimum atomic E-state index is -0.671. The summed E-state index contributed by atoms with van der Waals surface area (Å²) in [6, 6.07) is 1.65. The van der Waals surface area contributed by atoms with E-state index in [-0.39, 0.29) is 92.7 Å². The Balaban J connectivity index is 0.000000132. The number of aromatic amines is 3. The lowest BCUT2D eigenvalue weighted by atomic mass is 10.1. The number of imidazole rings is 2. The van der Waals surface area contributed by atoms with Gasteiger partial charge in [-0.2, -0.15) is 15.0 Å². The molecule has 3 saturated heterocycles. The molecule has 0 bridgehead atoms. The molecule has 0 amide bonds. The van der Waals surface area contributed by atoms with E-state index in [1.54, 1.807) is 55.5 Å². The molecule has 6 aliphatic rings. The number of hydrogen-bond donors (Lipinski definition) is 11. The quantitative estimate of drug-likeness (QED) is 0.0297. The van der Waals surface area contributed by atoms with E-state index < -0.39 is 58.9 Å². The lowest BCUT2D eigenvalue weighted by molar-refractivity contribution is -0.0271. The van der Waals surface area contributed by atoms with E-state index in [1.165, 1.54) is 44.2 Å². The average Bonchev–Trinajstić information content (AvgIpc) is 3.23. The van der Waals surface area contributed by atoms with Crippen molar-refractivity contribution in [1.29, 1.82) is 0 Å². The second-order valence-corrected chi connectivity index (χ2v) is 22.0. The van der Waals surface area contributed by atoms with Crippen LogP contribution in [0, 0.1) is 19.8 Å². The van der Waals surface area contributed by atoms with Gasteiger partial charge in [-0.1, -0.05) is 23.3 Å². The second-order valence-electron chi connectivity index (χ2n) is 20.8. The molecule has 7 aromatic rings. The number of nitrogen functional groups attached to an aromatic ring is 2. The number of fused-ring (bicyclic) bond motifs is 2. The molecule has 2 aliphatic carbocycles. The molecule has 4 fully saturated rings. The molecule has 11 heterocycles. The van der Waals surface area contributed by atoms with Gasteiger partial charge in [-0.15, -0.1) is 11.8 Å². The normalized spacial score (nSPS) is 25.0. The molecule has 4 aliphatic heterocycles. The van der Waals surface area contributed by atoms with Gasteiger partial charge in [0.25, 0.3) is 16.7 Å². The van der Waals surface area contributed by atoms with Crippen molar-refractivity contribution in [3.05, 3.63) is 152 Å². The summed E-state index contributed by atoms with van der Waals surface area (Å²) in [5.74, 6) is 2.00. The number of thioether (sulfide) groups is 1. The van der Waals surface area contributed by atoms with Gasteiger partial charge in [-0.05, 0) is 63.6 Å². The Morgan fingerprint density at radius 1 is 0.705 bits per heavy atom. The SMILES string of the molecule is Cc1cn([C@H]2C=C[C@@H](CO)O2)c(=O)[nH]c1=O.Cc1cn([C@H]2C[C@H](N=[N+]=[N-])[C@@H](CO)O2)c(=O)[nH]c1=O.Nc1ccn([C@@H]2CS[C@H](CO)O2)c(=O)n1.Nc1nc(NC2CC2)c2ncn([C@H]3C=C[C@@H](CO)C3)c2n1.O=c1[nH]cnc2c1ncn2[C@H]1CC[C@@H](CO)O1. The first-order valence-electron chi connectivity index (χ1n) is 27.8. The second kappa shape index (κ2) is 28.9. The number of H-pyrrole nitrogens is 3. The third-order valence-corrected chi connectivity index (χ3v) is 15.7. The number of allylic oxidation sites excluding steroid dienone is 1. The highest BCUT2D eigenvalue weighted by Gasteiger charge is 2.36. The van der Waals surface area contributed by atoms with Crippen LogP contribution in [0.25, 0.3) is 32.8 Å². The molecule has 0 aromatic carbocycles. The number of aryl methyl sites for hydroxylation is 2. The van der Waals surface area contributed by atoms with Crippen LogP contribution in [0.15, 0.2) is 102 Å². The highest BCUT2D eigenvalue weighted by atomic mass is 32.2. The van der Waals surface area contributed by atoms with Crippen molar-refractivity contribution < 1.29 is 44.5 Å². The molecule has 0 unspecified atom stereocenters. The first-order valence-corrected chi connectivity index (χ1v) is 28.8. The fourth-order valence-electron chi connectivity index (χ4n) is 9.79. The average molecular weight is 1240 g/mol. The molecule has 11 atom stereocenters. The smallest absolute Gasteiger partial charge is 0.351 e.